The molecule has 2 heterocycles. The van der Waals surface area contributed by atoms with Crippen LogP contribution in [-0.4, -0.2) is 122 Å². The van der Waals surface area contributed by atoms with Crippen molar-refractivity contribution >= 4 is 29.8 Å². The molecular formula is C31H51NO15. The molecule has 0 saturated carbocycles. The zero-order valence-corrected chi connectivity index (χ0v) is 29.2. The number of ether oxygens (including phenoxy) is 8. The van der Waals surface area contributed by atoms with Crippen molar-refractivity contribution < 1.29 is 72.1 Å². The summed E-state index contributed by atoms with van der Waals surface area (Å²) in [5.41, 5.74) is -3.35. The summed E-state index contributed by atoms with van der Waals surface area (Å²) in [5, 5.41) is 23.7. The number of nitrogens with one attached hydrogen (secondary N) is 1. The Kier molecular flexibility index (Phi) is 13.3. The third-order valence-corrected chi connectivity index (χ3v) is 7.24. The molecular weight excluding hydrogens is 626 g/mol. The number of hydrogen-bond donors (Lipinski definition) is 3. The molecule has 0 aromatic rings. The first-order chi connectivity index (χ1) is 21.5. The molecule has 0 spiro atoms. The van der Waals surface area contributed by atoms with Crippen LogP contribution in [0.3, 0.4) is 0 Å². The second kappa shape index (κ2) is 15.6. The molecule has 16 nitrogen and oxygen atoms in total. The minimum absolute atomic E-state index is 0.567. The van der Waals surface area contributed by atoms with Crippen molar-refractivity contribution in [3.8, 4) is 0 Å². The van der Waals surface area contributed by atoms with E-state index in [4.69, 9.17) is 37.9 Å². The predicted molar refractivity (Wildman–Crippen MR) is 160 cm³/mol. The summed E-state index contributed by atoms with van der Waals surface area (Å²) in [6.45, 7) is 14.5. The molecule has 0 aromatic heterocycles. The summed E-state index contributed by atoms with van der Waals surface area (Å²) in [6, 6.07) is -1.23. The fraction of sp³-hybridized carbons (Fsp3) is 0.839. The molecule has 0 aliphatic carbocycles. The first-order valence-corrected chi connectivity index (χ1v) is 15.2. The number of esters is 4. The maximum atomic E-state index is 13.4. The van der Waals surface area contributed by atoms with Crippen LogP contribution in [0.2, 0.25) is 0 Å². The van der Waals surface area contributed by atoms with Crippen molar-refractivity contribution in [3.63, 3.8) is 0 Å². The standard InChI is InChI=1S/C31H51NO15/c1-14(34)32-16-18(17(35)15(13-33)42-24(16)41-12)43-25-22(47-28(39)31(8,9)10)20(46-27(38)30(5,6)7)19(21(44-25)23(36)40-11)45-26(37)29(2,3)4/h15-22,24-25,33,35H,13H2,1-12H3,(H,32,34)/t15-,16-,17-,18-,19+,20+,21+,22-,24+,25-/m1/s1. The van der Waals surface area contributed by atoms with Gasteiger partial charge in [0, 0.05) is 14.0 Å². The minimum atomic E-state index is -1.83. The second-order valence-electron chi connectivity index (χ2n) is 14.6. The molecule has 3 N–H and O–H groups in total. The van der Waals surface area contributed by atoms with Crippen LogP contribution in [-0.2, 0) is 61.9 Å². The number of hydrogen-bond acceptors (Lipinski definition) is 15. The van der Waals surface area contributed by atoms with Crippen LogP contribution in [0.4, 0.5) is 0 Å². The highest BCUT2D eigenvalue weighted by Gasteiger charge is 2.59. The SMILES string of the molecule is COC(=O)[C@H]1O[C@@H](O[C@H]2[C@H](O)[C@@H](CO)O[C@H](OC)[C@@H]2NC(C)=O)[C@H](OC(=O)C(C)(C)C)[C@@H](OC(=O)C(C)(C)C)[C@@H]1OC(=O)C(C)(C)C. The van der Waals surface area contributed by atoms with Gasteiger partial charge < -0.3 is 53.4 Å². The van der Waals surface area contributed by atoms with Gasteiger partial charge >= 0.3 is 23.9 Å². The smallest absolute Gasteiger partial charge is 0.339 e. The molecule has 47 heavy (non-hydrogen) atoms. The van der Waals surface area contributed by atoms with Crippen molar-refractivity contribution in [3.05, 3.63) is 0 Å². The Morgan fingerprint density at radius 1 is 0.702 bits per heavy atom. The highest BCUT2D eigenvalue weighted by Crippen LogP contribution is 2.36. The molecule has 2 rings (SSSR count). The Bertz CT molecular complexity index is 1140. The number of rotatable bonds is 9. The van der Waals surface area contributed by atoms with Crippen LogP contribution in [0.25, 0.3) is 0 Å². The van der Waals surface area contributed by atoms with Gasteiger partial charge in [0.25, 0.3) is 0 Å². The summed E-state index contributed by atoms with van der Waals surface area (Å²) in [7, 11) is 2.31. The van der Waals surface area contributed by atoms with E-state index < -0.39 is 114 Å². The second-order valence-corrected chi connectivity index (χ2v) is 14.6. The summed E-state index contributed by atoms with van der Waals surface area (Å²) in [6.07, 6.45) is -14.5. The molecule has 2 fully saturated rings. The van der Waals surface area contributed by atoms with Crippen molar-refractivity contribution in [1.82, 2.24) is 5.32 Å². The van der Waals surface area contributed by atoms with E-state index in [0.29, 0.717) is 0 Å². The molecule has 2 aliphatic rings. The van der Waals surface area contributed by atoms with E-state index in [1.165, 1.54) is 14.0 Å². The number of methoxy groups -OCH3 is 2. The largest absolute Gasteiger partial charge is 0.467 e. The van der Waals surface area contributed by atoms with Crippen molar-refractivity contribution in [2.24, 2.45) is 16.2 Å². The van der Waals surface area contributed by atoms with E-state index >= 15 is 0 Å². The van der Waals surface area contributed by atoms with Gasteiger partial charge in [-0.25, -0.2) is 4.79 Å². The van der Waals surface area contributed by atoms with Crippen molar-refractivity contribution in [2.45, 2.75) is 131 Å². The Labute approximate surface area is 275 Å². The third kappa shape index (κ3) is 10.1. The molecule has 0 unspecified atom stereocenters. The van der Waals surface area contributed by atoms with Crippen LogP contribution >= 0.6 is 0 Å². The number of carbonyl (C=O) groups excluding carboxylic acids is 5. The third-order valence-electron chi connectivity index (χ3n) is 7.24. The van der Waals surface area contributed by atoms with E-state index in [9.17, 15) is 34.2 Å². The van der Waals surface area contributed by atoms with E-state index in [1.54, 1.807) is 62.3 Å². The van der Waals surface area contributed by atoms with Crippen LogP contribution < -0.4 is 5.32 Å². The lowest BCUT2D eigenvalue weighted by Gasteiger charge is -2.48. The number of aliphatic hydroxyl groups is 2. The normalized spacial score (nSPS) is 31.7. The fourth-order valence-corrected chi connectivity index (χ4v) is 4.49. The summed E-state index contributed by atoms with van der Waals surface area (Å²) in [4.78, 5) is 65.3. The van der Waals surface area contributed by atoms with Gasteiger partial charge in [0.15, 0.2) is 37.0 Å². The van der Waals surface area contributed by atoms with Gasteiger partial charge in [-0.15, -0.1) is 0 Å². The van der Waals surface area contributed by atoms with Gasteiger partial charge in [-0.3, -0.25) is 19.2 Å². The van der Waals surface area contributed by atoms with E-state index in [2.05, 4.69) is 5.32 Å². The maximum Gasteiger partial charge on any atom is 0.339 e. The van der Waals surface area contributed by atoms with Gasteiger partial charge in [-0.05, 0) is 62.3 Å². The molecule has 16 heteroatoms. The summed E-state index contributed by atoms with van der Waals surface area (Å²) in [5.74, 6) is -4.07. The van der Waals surface area contributed by atoms with E-state index in [0.717, 1.165) is 7.11 Å². The Morgan fingerprint density at radius 3 is 1.57 bits per heavy atom. The van der Waals surface area contributed by atoms with Gasteiger partial charge in [0.1, 0.15) is 24.4 Å². The van der Waals surface area contributed by atoms with Gasteiger partial charge in [0.05, 0.1) is 30.0 Å². The lowest BCUT2D eigenvalue weighted by atomic mass is 9.92. The molecule has 2 saturated heterocycles. The fourth-order valence-electron chi connectivity index (χ4n) is 4.49. The van der Waals surface area contributed by atoms with Crippen molar-refractivity contribution in [2.75, 3.05) is 20.8 Å². The monoisotopic (exact) mass is 677 g/mol. The average molecular weight is 678 g/mol. The number of aliphatic hydroxyl groups excluding tert-OH is 2. The zero-order valence-electron chi connectivity index (χ0n) is 29.2. The van der Waals surface area contributed by atoms with Gasteiger partial charge in [-0.1, -0.05) is 0 Å². The summed E-state index contributed by atoms with van der Waals surface area (Å²) < 4.78 is 45.6. The molecule has 0 radical (unpaired) electrons. The van der Waals surface area contributed by atoms with Crippen LogP contribution in [0.1, 0.15) is 69.2 Å². The van der Waals surface area contributed by atoms with Gasteiger partial charge in [0.2, 0.25) is 5.91 Å². The van der Waals surface area contributed by atoms with E-state index in [1.807, 2.05) is 0 Å². The Balaban J connectivity index is 2.81. The molecule has 0 bridgehead atoms. The minimum Gasteiger partial charge on any atom is -0.467 e. The van der Waals surface area contributed by atoms with Crippen LogP contribution in [0, 0.1) is 16.2 Å². The van der Waals surface area contributed by atoms with Gasteiger partial charge in [-0.2, -0.15) is 0 Å². The molecule has 2 aliphatic heterocycles. The van der Waals surface area contributed by atoms with E-state index in [-0.39, 0.29) is 0 Å². The predicted octanol–water partition coefficient (Wildman–Crippen LogP) is 0.372. The highest BCUT2D eigenvalue weighted by molar-refractivity contribution is 5.80. The average Bonchev–Trinajstić information content (AvgIpc) is 2.94. The highest BCUT2D eigenvalue weighted by atomic mass is 16.8. The number of carbonyl (C=O) groups is 5. The quantitative estimate of drug-likeness (QED) is 0.222. The first-order valence-electron chi connectivity index (χ1n) is 15.2. The molecule has 270 valence electrons. The molecule has 10 atom stereocenters. The number of amides is 1. The first kappa shape index (κ1) is 40.3. The molecule has 0 aromatic carbocycles. The lowest BCUT2D eigenvalue weighted by molar-refractivity contribution is -0.342. The Morgan fingerprint density at radius 2 is 1.17 bits per heavy atom. The van der Waals surface area contributed by atoms with Crippen LogP contribution in [0.5, 0.6) is 0 Å². The topological polar surface area (TPSA) is 212 Å². The zero-order chi connectivity index (χ0) is 36.2. The van der Waals surface area contributed by atoms with Crippen molar-refractivity contribution in [1.29, 1.82) is 0 Å². The Hall–Kier alpha value is -2.89. The summed E-state index contributed by atoms with van der Waals surface area (Å²) >= 11 is 0. The lowest BCUT2D eigenvalue weighted by Crippen LogP contribution is -2.69. The maximum absolute atomic E-state index is 13.4. The molecule has 1 amide bonds. The van der Waals surface area contributed by atoms with Crippen LogP contribution in [0.15, 0.2) is 0 Å².